The molecule has 0 spiro atoms. The lowest BCUT2D eigenvalue weighted by molar-refractivity contribution is 0.215. The minimum Gasteiger partial charge on any atom is -0.395 e. The molecule has 1 unspecified atom stereocenters. The van der Waals surface area contributed by atoms with Crippen LogP contribution in [0.3, 0.4) is 0 Å². The zero-order valence-electron chi connectivity index (χ0n) is 11.2. The summed E-state index contributed by atoms with van der Waals surface area (Å²) in [6, 6.07) is 6.89. The number of aliphatic hydroxyl groups excluding tert-OH is 1. The number of hydrogen-bond donors (Lipinski definition) is 2. The summed E-state index contributed by atoms with van der Waals surface area (Å²) in [7, 11) is 1.98. The quantitative estimate of drug-likeness (QED) is 0.742. The lowest BCUT2D eigenvalue weighted by Gasteiger charge is -2.22. The molecule has 1 atom stereocenters. The van der Waals surface area contributed by atoms with E-state index in [1.807, 2.05) is 20.0 Å². The van der Waals surface area contributed by atoms with Gasteiger partial charge in [-0.05, 0) is 44.3 Å². The van der Waals surface area contributed by atoms with Gasteiger partial charge < -0.3 is 15.3 Å². The Morgan fingerprint density at radius 1 is 1.39 bits per heavy atom. The van der Waals surface area contributed by atoms with Crippen LogP contribution in [-0.2, 0) is 0 Å². The number of aliphatic hydroxyl groups is 1. The molecule has 0 aromatic heterocycles. The Kier molecular flexibility index (Phi) is 6.86. The van der Waals surface area contributed by atoms with Crippen LogP contribution in [0.2, 0.25) is 0 Å². The van der Waals surface area contributed by atoms with Gasteiger partial charge in [-0.1, -0.05) is 19.1 Å². The average molecular weight is 254 g/mol. The third-order valence-electron chi connectivity index (χ3n) is 2.98. The number of benzene rings is 1. The molecule has 2 N–H and O–H groups in total. The van der Waals surface area contributed by atoms with Gasteiger partial charge in [-0.3, -0.25) is 0 Å². The fourth-order valence-corrected chi connectivity index (χ4v) is 1.99. The number of likely N-dealkylation sites (N-methyl/N-ethyl adjacent to an activating group) is 1. The highest BCUT2D eigenvalue weighted by atomic mass is 19.1. The molecule has 1 rings (SSSR count). The second kappa shape index (κ2) is 8.19. The van der Waals surface area contributed by atoms with Crippen molar-refractivity contribution in [3.63, 3.8) is 0 Å². The van der Waals surface area contributed by atoms with Crippen molar-refractivity contribution in [1.82, 2.24) is 10.2 Å². The first kappa shape index (κ1) is 15.1. The zero-order chi connectivity index (χ0) is 13.4. The maximum atomic E-state index is 13.2. The molecule has 0 radical (unpaired) electrons. The van der Waals surface area contributed by atoms with Crippen LogP contribution in [0.15, 0.2) is 24.3 Å². The first-order valence-corrected chi connectivity index (χ1v) is 6.45. The molecule has 0 saturated heterocycles. The maximum absolute atomic E-state index is 13.2. The summed E-state index contributed by atoms with van der Waals surface area (Å²) in [5.74, 6) is -0.195. The van der Waals surface area contributed by atoms with Gasteiger partial charge in [0, 0.05) is 12.6 Å². The molecule has 3 nitrogen and oxygen atoms in total. The second-order valence-corrected chi connectivity index (χ2v) is 4.48. The molecular formula is C14H23FN2O. The molecule has 18 heavy (non-hydrogen) atoms. The molecule has 0 bridgehead atoms. The van der Waals surface area contributed by atoms with E-state index in [1.165, 1.54) is 6.07 Å². The van der Waals surface area contributed by atoms with Crippen molar-refractivity contribution in [3.05, 3.63) is 35.6 Å². The van der Waals surface area contributed by atoms with Crippen LogP contribution in [-0.4, -0.2) is 43.3 Å². The van der Waals surface area contributed by atoms with Crippen molar-refractivity contribution in [2.45, 2.75) is 19.4 Å². The highest BCUT2D eigenvalue weighted by molar-refractivity contribution is 5.20. The van der Waals surface area contributed by atoms with Gasteiger partial charge >= 0.3 is 0 Å². The molecule has 0 aliphatic rings. The van der Waals surface area contributed by atoms with E-state index in [1.54, 1.807) is 12.1 Å². The zero-order valence-corrected chi connectivity index (χ0v) is 11.2. The van der Waals surface area contributed by atoms with Crippen molar-refractivity contribution in [2.75, 3.05) is 33.3 Å². The van der Waals surface area contributed by atoms with Gasteiger partial charge in [0.25, 0.3) is 0 Å². The highest BCUT2D eigenvalue weighted by Gasteiger charge is 2.11. The van der Waals surface area contributed by atoms with Crippen LogP contribution < -0.4 is 5.32 Å². The molecule has 0 aliphatic heterocycles. The molecule has 4 heteroatoms. The number of rotatable bonds is 8. The lowest BCUT2D eigenvalue weighted by atomic mass is 10.0. The van der Waals surface area contributed by atoms with E-state index >= 15 is 0 Å². The van der Waals surface area contributed by atoms with E-state index in [0.717, 1.165) is 25.1 Å². The summed E-state index contributed by atoms with van der Waals surface area (Å²) in [6.07, 6.45) is 0.897. The Labute approximate surface area is 109 Å². The molecule has 0 heterocycles. The van der Waals surface area contributed by atoms with Crippen LogP contribution >= 0.6 is 0 Å². The predicted octanol–water partition coefficient (Wildman–Crippen LogP) is 1.79. The van der Waals surface area contributed by atoms with E-state index in [9.17, 15) is 4.39 Å². The molecule has 0 saturated carbocycles. The largest absolute Gasteiger partial charge is 0.395 e. The number of nitrogens with zero attached hydrogens (tertiary/aromatic N) is 1. The molecule has 102 valence electrons. The van der Waals surface area contributed by atoms with Crippen LogP contribution in [0.4, 0.5) is 4.39 Å². The van der Waals surface area contributed by atoms with Crippen molar-refractivity contribution in [3.8, 4) is 0 Å². The van der Waals surface area contributed by atoms with E-state index in [4.69, 9.17) is 5.11 Å². The minimum atomic E-state index is -0.195. The topological polar surface area (TPSA) is 35.5 Å². The first-order valence-electron chi connectivity index (χ1n) is 6.45. The maximum Gasteiger partial charge on any atom is 0.123 e. The number of halogens is 1. The SMILES string of the molecule is CCNC(CCN(C)CCO)c1cccc(F)c1. The molecule has 0 amide bonds. The Morgan fingerprint density at radius 2 is 2.17 bits per heavy atom. The summed E-state index contributed by atoms with van der Waals surface area (Å²) in [5, 5.41) is 12.2. The fraction of sp³-hybridized carbons (Fsp3) is 0.571. The van der Waals surface area contributed by atoms with Gasteiger partial charge in [-0.25, -0.2) is 4.39 Å². The molecule has 1 aromatic rings. The van der Waals surface area contributed by atoms with E-state index in [2.05, 4.69) is 10.2 Å². The van der Waals surface area contributed by atoms with Crippen LogP contribution in [0.25, 0.3) is 0 Å². The van der Waals surface area contributed by atoms with Gasteiger partial charge in [0.15, 0.2) is 0 Å². The van der Waals surface area contributed by atoms with Gasteiger partial charge in [-0.15, -0.1) is 0 Å². The van der Waals surface area contributed by atoms with Gasteiger partial charge in [0.1, 0.15) is 5.82 Å². The average Bonchev–Trinajstić information content (AvgIpc) is 2.35. The van der Waals surface area contributed by atoms with E-state index in [0.29, 0.717) is 6.54 Å². The molecule has 0 fully saturated rings. The summed E-state index contributed by atoms with van der Waals surface area (Å²) in [5.41, 5.74) is 0.981. The third-order valence-corrected chi connectivity index (χ3v) is 2.98. The van der Waals surface area contributed by atoms with Crippen LogP contribution in [0.1, 0.15) is 24.9 Å². The van der Waals surface area contributed by atoms with Crippen LogP contribution in [0, 0.1) is 5.82 Å². The van der Waals surface area contributed by atoms with Gasteiger partial charge in [0.05, 0.1) is 6.61 Å². The number of nitrogens with one attached hydrogen (secondary N) is 1. The van der Waals surface area contributed by atoms with Crippen LogP contribution in [0.5, 0.6) is 0 Å². The van der Waals surface area contributed by atoms with Gasteiger partial charge in [-0.2, -0.15) is 0 Å². The van der Waals surface area contributed by atoms with Crippen molar-refractivity contribution < 1.29 is 9.50 Å². The standard InChI is InChI=1S/C14H23FN2O/c1-3-16-14(7-8-17(2)9-10-18)12-5-4-6-13(15)11-12/h4-6,11,14,16,18H,3,7-10H2,1-2H3. The Morgan fingerprint density at radius 3 is 2.78 bits per heavy atom. The second-order valence-electron chi connectivity index (χ2n) is 4.48. The molecule has 1 aromatic carbocycles. The molecular weight excluding hydrogens is 231 g/mol. The first-order chi connectivity index (χ1) is 8.67. The van der Waals surface area contributed by atoms with Crippen molar-refractivity contribution >= 4 is 0 Å². The lowest BCUT2D eigenvalue weighted by Crippen LogP contribution is -2.29. The smallest absolute Gasteiger partial charge is 0.123 e. The highest BCUT2D eigenvalue weighted by Crippen LogP contribution is 2.17. The third kappa shape index (κ3) is 5.12. The summed E-state index contributed by atoms with van der Waals surface area (Å²) >= 11 is 0. The van der Waals surface area contributed by atoms with Crippen molar-refractivity contribution in [1.29, 1.82) is 0 Å². The van der Waals surface area contributed by atoms with E-state index in [-0.39, 0.29) is 18.5 Å². The summed E-state index contributed by atoms with van der Waals surface area (Å²) in [4.78, 5) is 2.07. The monoisotopic (exact) mass is 254 g/mol. The Bertz CT molecular complexity index is 346. The van der Waals surface area contributed by atoms with Gasteiger partial charge in [0.2, 0.25) is 0 Å². The summed E-state index contributed by atoms with van der Waals surface area (Å²) < 4.78 is 13.2. The summed E-state index contributed by atoms with van der Waals surface area (Å²) in [6.45, 7) is 4.60. The van der Waals surface area contributed by atoms with Crippen molar-refractivity contribution in [2.24, 2.45) is 0 Å². The Hall–Kier alpha value is -0.970. The molecule has 0 aliphatic carbocycles. The van der Waals surface area contributed by atoms with E-state index < -0.39 is 0 Å². The normalized spacial score (nSPS) is 12.9. The predicted molar refractivity (Wildman–Crippen MR) is 72.0 cm³/mol. The number of hydrogen-bond acceptors (Lipinski definition) is 3. The minimum absolute atomic E-state index is 0.159. The fourth-order valence-electron chi connectivity index (χ4n) is 1.99. The Balaban J connectivity index is 2.59.